The van der Waals surface area contributed by atoms with Crippen LogP contribution in [0.4, 0.5) is 0 Å². The van der Waals surface area contributed by atoms with E-state index in [1.165, 1.54) is 30.6 Å². The van der Waals surface area contributed by atoms with Crippen LogP contribution in [0.3, 0.4) is 0 Å². The van der Waals surface area contributed by atoms with Gasteiger partial charge in [0.1, 0.15) is 56.3 Å². The zero-order valence-corrected chi connectivity index (χ0v) is 68.1. The van der Waals surface area contributed by atoms with Gasteiger partial charge < -0.3 is 117 Å². The van der Waals surface area contributed by atoms with Gasteiger partial charge in [0.15, 0.2) is 61.6 Å². The number of nitrogens with one attached hydrogen (secondary N) is 5. The van der Waals surface area contributed by atoms with Crippen LogP contribution < -0.4 is 26.6 Å². The third-order valence-corrected chi connectivity index (χ3v) is 17.3. The van der Waals surface area contributed by atoms with Crippen molar-refractivity contribution in [2.24, 2.45) is 0 Å². The highest BCUT2D eigenvalue weighted by atomic mass is 16.7. The van der Waals surface area contributed by atoms with Gasteiger partial charge in [-0.05, 0) is 64.2 Å². The fraction of sp³-hybridized carbons (Fsp3) is 0.757. The minimum absolute atomic E-state index is 0.0123. The smallest absolute Gasteiger partial charge is 0.307 e. The molecule has 116 heavy (non-hydrogen) atoms. The Hall–Kier alpha value is -9.78. The number of hydrogen-bond donors (Lipinski definition) is 6. The molecule has 0 aromatic heterocycles. The van der Waals surface area contributed by atoms with Crippen molar-refractivity contribution >= 4 is 107 Å². The Morgan fingerprint density at radius 3 is 0.983 bits per heavy atom. The van der Waals surface area contributed by atoms with E-state index in [0.29, 0.717) is 0 Å². The summed E-state index contributed by atoms with van der Waals surface area (Å²) in [5, 5.41) is 22.7. The minimum Gasteiger partial charge on any atom is -0.481 e. The molecule has 3 fully saturated rings. The Bertz CT molecular complexity index is 3300. The van der Waals surface area contributed by atoms with Crippen molar-refractivity contribution in [2.75, 3.05) is 78.9 Å². The molecule has 3 heterocycles. The topological polar surface area (TPSA) is 542 Å². The molecule has 7 amide bonds. The van der Waals surface area contributed by atoms with Crippen LogP contribution in [0.25, 0.3) is 0 Å². The fourth-order valence-electron chi connectivity index (χ4n) is 12.5. The lowest BCUT2D eigenvalue weighted by molar-refractivity contribution is -0.277. The highest BCUT2D eigenvalue weighted by Crippen LogP contribution is 2.32. The third-order valence-electron chi connectivity index (χ3n) is 17.3. The van der Waals surface area contributed by atoms with Gasteiger partial charge in [-0.1, -0.05) is 6.92 Å². The monoisotopic (exact) mass is 1660 g/mol. The number of nitrogens with zero attached hydrogens (tertiary/aromatic N) is 2. The molecular formula is C74H115N7O35. The van der Waals surface area contributed by atoms with Crippen molar-refractivity contribution in [3.63, 3.8) is 0 Å². The van der Waals surface area contributed by atoms with Crippen LogP contribution in [-0.2, 0) is 162 Å². The van der Waals surface area contributed by atoms with Crippen molar-refractivity contribution in [3.05, 3.63) is 0 Å². The molecule has 3 saturated heterocycles. The lowest BCUT2D eigenvalue weighted by atomic mass is 9.96. The quantitative estimate of drug-likeness (QED) is 0.0260. The van der Waals surface area contributed by atoms with E-state index in [9.17, 15) is 91.4 Å². The zero-order chi connectivity index (χ0) is 86.7. The summed E-state index contributed by atoms with van der Waals surface area (Å²) in [7, 11) is 0. The van der Waals surface area contributed by atoms with Gasteiger partial charge in [-0.2, -0.15) is 0 Å². The van der Waals surface area contributed by atoms with Crippen LogP contribution in [0, 0.1) is 0 Å². The SMILES string of the molecule is CCC(OC(=O)CCC(=O)O)C(=O)N(CCCNC(=O)CCCCO[C@@H]1OC(COC(C)=O)[C@H](OC(C)=O)[C@H](OC(C)=O)C1NC(C)=O)CCCN(CCCNC(=O)CCCCO[C@@H]1OC(COC(C)=O)[C@H](OC(C)=O)[C@H](OC(C)=O)C1NC(C)=O)C(=O)CCCCO[C@@H]1OC(COC(C)=O)[C@H](OC(C)=O)[C@H](OC(C)=O)C1NC(C)=O. The predicted molar refractivity (Wildman–Crippen MR) is 392 cm³/mol. The van der Waals surface area contributed by atoms with Crippen molar-refractivity contribution in [2.45, 2.75) is 284 Å². The van der Waals surface area contributed by atoms with Crippen molar-refractivity contribution in [3.8, 4) is 0 Å². The van der Waals surface area contributed by atoms with Crippen LogP contribution in [-0.4, -0.2) is 299 Å². The molecule has 0 saturated carbocycles. The number of carboxylic acids is 1. The van der Waals surface area contributed by atoms with E-state index in [0.717, 1.165) is 62.3 Å². The maximum atomic E-state index is 14.4. The number of unbranched alkanes of at least 4 members (excludes halogenated alkanes) is 3. The van der Waals surface area contributed by atoms with Gasteiger partial charge in [-0.3, -0.25) is 86.3 Å². The van der Waals surface area contributed by atoms with E-state index in [2.05, 4.69) is 26.6 Å². The fourth-order valence-corrected chi connectivity index (χ4v) is 12.5. The first-order chi connectivity index (χ1) is 54.8. The maximum Gasteiger partial charge on any atom is 0.307 e. The molecule has 42 nitrogen and oxygen atoms in total. The number of hydrogen-bond acceptors (Lipinski definition) is 34. The van der Waals surface area contributed by atoms with Crippen molar-refractivity contribution < 1.29 is 167 Å². The lowest BCUT2D eigenvalue weighted by Gasteiger charge is -2.44. The van der Waals surface area contributed by atoms with Crippen LogP contribution in [0.15, 0.2) is 0 Å². The Balaban J connectivity index is 1.82. The molecule has 0 bridgehead atoms. The molecule has 42 heteroatoms. The highest BCUT2D eigenvalue weighted by Gasteiger charge is 2.54. The number of amides is 7. The molecule has 656 valence electrons. The summed E-state index contributed by atoms with van der Waals surface area (Å²) in [6.45, 7) is 13.6. The summed E-state index contributed by atoms with van der Waals surface area (Å²) < 4.78 is 90.2. The summed E-state index contributed by atoms with van der Waals surface area (Å²) in [5.74, 6) is -12.7. The van der Waals surface area contributed by atoms with Crippen LogP contribution in [0.2, 0.25) is 0 Å². The van der Waals surface area contributed by atoms with Gasteiger partial charge in [0.2, 0.25) is 35.4 Å². The Morgan fingerprint density at radius 2 is 0.672 bits per heavy atom. The number of aliphatic carboxylic acids is 1. The van der Waals surface area contributed by atoms with E-state index in [4.69, 9.17) is 75.8 Å². The molecular weight excluding hydrogens is 1550 g/mol. The number of carboxylic acid groups (broad SMARTS) is 1. The molecule has 7 unspecified atom stereocenters. The maximum absolute atomic E-state index is 14.4. The number of carbonyl (C=O) groups is 18. The first-order valence-electron chi connectivity index (χ1n) is 38.4. The van der Waals surface area contributed by atoms with E-state index in [1.54, 1.807) is 6.92 Å². The average molecular weight is 1660 g/mol. The number of ether oxygens (including phenoxy) is 16. The van der Waals surface area contributed by atoms with Crippen LogP contribution >= 0.6 is 0 Å². The normalized spacial score (nSPS) is 23.0. The predicted octanol–water partition coefficient (Wildman–Crippen LogP) is -0.238. The number of rotatable bonds is 51. The van der Waals surface area contributed by atoms with Gasteiger partial charge in [0, 0.05) is 161 Å². The molecule has 3 aliphatic rings. The van der Waals surface area contributed by atoms with Gasteiger partial charge >= 0.3 is 65.7 Å². The number of carbonyl (C=O) groups excluding carboxylic acids is 17. The van der Waals surface area contributed by atoms with E-state index in [-0.39, 0.29) is 154 Å². The second-order valence-electron chi connectivity index (χ2n) is 27.4. The Labute approximate surface area is 671 Å². The average Bonchev–Trinajstić information content (AvgIpc) is 0.797. The molecule has 6 N–H and O–H groups in total. The molecule has 3 aliphatic heterocycles. The van der Waals surface area contributed by atoms with Gasteiger partial charge in [0.25, 0.3) is 5.91 Å². The van der Waals surface area contributed by atoms with Gasteiger partial charge in [-0.25, -0.2) is 0 Å². The van der Waals surface area contributed by atoms with Crippen molar-refractivity contribution in [1.82, 2.24) is 36.4 Å². The highest BCUT2D eigenvalue weighted by molar-refractivity contribution is 5.85. The standard InChI is InChI=1S/C74H115N7O35/c1-14-53(113-61(99)28-27-60(97)98)71(100)81(32-22-30-76-58(95)25-16-19-36-102-73-63(78-42(3)83)69(111-51(12)92)66(108-48(9)89)55(115-73)39-105-45(6)86)34-23-33-80(59(96)26-17-20-37-103-74-64(79-43(4)84)70(112-52(13)93)67(109-49(10)90)56(116-74)40-106-46(7)87)31-21-29-75-57(94)24-15-18-35-101-72-62(77-41(2)82)68(110-50(11)91)65(107-47(8)88)54(114-72)38-104-44(5)85/h53-56,62-70,72-74H,14-40H2,1-13H3,(H,75,94)(H,76,95)(H,77,82)(H,78,83)(H,79,84)(H,97,98)/t53?,54?,55?,56?,62?,63?,64?,65-,66-,67-,68+,69+,70+,72+,73+,74+/m0/s1. The van der Waals surface area contributed by atoms with Crippen molar-refractivity contribution in [1.29, 1.82) is 0 Å². The summed E-state index contributed by atoms with van der Waals surface area (Å²) in [5.41, 5.74) is 0. The Kier molecular flexibility index (Phi) is 46.3. The first-order valence-corrected chi connectivity index (χ1v) is 38.4. The molecule has 0 spiro atoms. The molecule has 16 atom stereocenters. The largest absolute Gasteiger partial charge is 0.481 e. The summed E-state index contributed by atoms with van der Waals surface area (Å²) >= 11 is 0. The van der Waals surface area contributed by atoms with E-state index >= 15 is 0 Å². The second-order valence-corrected chi connectivity index (χ2v) is 27.4. The summed E-state index contributed by atoms with van der Waals surface area (Å²) in [4.78, 5) is 229. The summed E-state index contributed by atoms with van der Waals surface area (Å²) in [6, 6.07) is -3.70. The van der Waals surface area contributed by atoms with E-state index in [1.807, 2.05) is 0 Å². The minimum atomic E-state index is -1.40. The molecule has 0 aliphatic carbocycles. The summed E-state index contributed by atoms with van der Waals surface area (Å²) in [6.07, 6.45) is -16.7. The first kappa shape index (κ1) is 100. The number of esters is 10. The van der Waals surface area contributed by atoms with Gasteiger partial charge in [-0.15, -0.1) is 0 Å². The molecule has 3 rings (SSSR count). The molecule has 0 aromatic carbocycles. The van der Waals surface area contributed by atoms with Gasteiger partial charge in [0.05, 0.1) is 12.8 Å². The van der Waals surface area contributed by atoms with Crippen LogP contribution in [0.5, 0.6) is 0 Å². The van der Waals surface area contributed by atoms with Crippen LogP contribution in [0.1, 0.15) is 186 Å². The van der Waals surface area contributed by atoms with E-state index < -0.39 is 226 Å². The Morgan fingerprint density at radius 1 is 0.362 bits per heavy atom. The molecule has 0 radical (unpaired) electrons. The lowest BCUT2D eigenvalue weighted by Crippen LogP contribution is -2.66. The zero-order valence-electron chi connectivity index (χ0n) is 68.1. The third kappa shape index (κ3) is 39.2. The molecule has 0 aromatic rings. The second kappa shape index (κ2) is 53.5.